The first-order valence-corrected chi connectivity index (χ1v) is 5.29. The Morgan fingerprint density at radius 1 is 1.36 bits per heavy atom. The van der Waals surface area contributed by atoms with Gasteiger partial charge in [-0.25, -0.2) is 4.39 Å². The van der Waals surface area contributed by atoms with E-state index < -0.39 is 0 Å². The first-order chi connectivity index (χ1) is 6.90. The molecule has 1 saturated heterocycles. The molecule has 0 saturated carbocycles. The number of piperidine rings is 1. The summed E-state index contributed by atoms with van der Waals surface area (Å²) in [6, 6.07) is 0.464. The van der Waals surface area contributed by atoms with Crippen LogP contribution in [-0.4, -0.2) is 25.3 Å². The Morgan fingerprint density at radius 3 is 3.00 bits per heavy atom. The van der Waals surface area contributed by atoms with Crippen LogP contribution in [-0.2, 0) is 0 Å². The van der Waals surface area contributed by atoms with Crippen molar-refractivity contribution in [3.05, 3.63) is 24.4 Å². The van der Waals surface area contributed by atoms with E-state index in [-0.39, 0.29) is 12.7 Å². The zero-order valence-electron chi connectivity index (χ0n) is 8.25. The summed E-state index contributed by atoms with van der Waals surface area (Å²) in [5, 5.41) is 6.51. The molecule has 3 atom stereocenters. The Balaban J connectivity index is 1.90. The SMILES string of the molecule is FCC1CC(C2C=CC=CN2)CCN1. The Labute approximate surface area is 84.3 Å². The fourth-order valence-corrected chi connectivity index (χ4v) is 2.24. The van der Waals surface area contributed by atoms with E-state index in [4.69, 9.17) is 0 Å². The smallest absolute Gasteiger partial charge is 0.105 e. The molecule has 0 aromatic rings. The van der Waals surface area contributed by atoms with Crippen LogP contribution in [0.25, 0.3) is 0 Å². The summed E-state index contributed by atoms with van der Waals surface area (Å²) in [4.78, 5) is 0. The standard InChI is InChI=1S/C11H17FN2/c12-8-10-7-9(4-6-13-10)11-3-1-2-5-14-11/h1-3,5,9-11,13-14H,4,6-8H2. The Bertz CT molecular complexity index is 237. The number of allylic oxidation sites excluding steroid dienone is 2. The van der Waals surface area contributed by atoms with Crippen LogP contribution in [0.2, 0.25) is 0 Å². The van der Waals surface area contributed by atoms with Crippen molar-refractivity contribution in [1.29, 1.82) is 0 Å². The molecule has 0 aliphatic carbocycles. The highest BCUT2D eigenvalue weighted by atomic mass is 19.1. The van der Waals surface area contributed by atoms with E-state index in [0.29, 0.717) is 12.0 Å². The van der Waals surface area contributed by atoms with Gasteiger partial charge in [0.05, 0.1) is 0 Å². The van der Waals surface area contributed by atoms with Gasteiger partial charge in [0.1, 0.15) is 6.67 Å². The lowest BCUT2D eigenvalue weighted by molar-refractivity contribution is 0.238. The minimum atomic E-state index is -0.247. The van der Waals surface area contributed by atoms with Crippen molar-refractivity contribution in [2.75, 3.05) is 13.2 Å². The average molecular weight is 196 g/mol. The van der Waals surface area contributed by atoms with Gasteiger partial charge in [0.15, 0.2) is 0 Å². The molecule has 0 bridgehead atoms. The monoisotopic (exact) mass is 196 g/mol. The molecule has 0 spiro atoms. The molecule has 2 N–H and O–H groups in total. The zero-order valence-corrected chi connectivity index (χ0v) is 8.25. The summed E-state index contributed by atoms with van der Waals surface area (Å²) < 4.78 is 12.5. The van der Waals surface area contributed by atoms with Crippen LogP contribution in [0, 0.1) is 5.92 Å². The molecule has 14 heavy (non-hydrogen) atoms. The van der Waals surface area contributed by atoms with Crippen LogP contribution in [0.1, 0.15) is 12.8 Å². The minimum Gasteiger partial charge on any atom is -0.384 e. The largest absolute Gasteiger partial charge is 0.384 e. The van der Waals surface area contributed by atoms with Crippen molar-refractivity contribution in [2.24, 2.45) is 5.92 Å². The quantitative estimate of drug-likeness (QED) is 0.697. The van der Waals surface area contributed by atoms with Gasteiger partial charge < -0.3 is 10.6 Å². The lowest BCUT2D eigenvalue weighted by Crippen LogP contribution is -2.45. The Kier molecular flexibility index (Phi) is 3.19. The van der Waals surface area contributed by atoms with Gasteiger partial charge in [-0.3, -0.25) is 0 Å². The maximum absolute atomic E-state index is 12.5. The number of alkyl halides is 1. The van der Waals surface area contributed by atoms with Crippen LogP contribution in [0.5, 0.6) is 0 Å². The molecular weight excluding hydrogens is 179 g/mol. The third-order valence-corrected chi connectivity index (χ3v) is 3.04. The van der Waals surface area contributed by atoms with E-state index in [1.165, 1.54) is 0 Å². The molecule has 1 fully saturated rings. The molecule has 2 rings (SSSR count). The first-order valence-electron chi connectivity index (χ1n) is 5.29. The number of nitrogens with one attached hydrogen (secondary N) is 2. The van der Waals surface area contributed by atoms with Crippen molar-refractivity contribution < 1.29 is 4.39 Å². The summed E-state index contributed by atoms with van der Waals surface area (Å²) in [5.74, 6) is 0.568. The number of halogens is 1. The highest BCUT2D eigenvalue weighted by molar-refractivity contribution is 5.13. The number of rotatable bonds is 2. The summed E-state index contributed by atoms with van der Waals surface area (Å²) >= 11 is 0. The fraction of sp³-hybridized carbons (Fsp3) is 0.636. The van der Waals surface area contributed by atoms with E-state index >= 15 is 0 Å². The normalized spacial score (nSPS) is 36.8. The van der Waals surface area contributed by atoms with Crippen LogP contribution < -0.4 is 10.6 Å². The van der Waals surface area contributed by atoms with Crippen LogP contribution in [0.3, 0.4) is 0 Å². The molecule has 2 aliphatic rings. The second-order valence-electron chi connectivity index (χ2n) is 4.03. The van der Waals surface area contributed by atoms with Gasteiger partial charge in [0, 0.05) is 12.1 Å². The molecule has 0 radical (unpaired) electrons. The van der Waals surface area contributed by atoms with E-state index in [2.05, 4.69) is 22.8 Å². The van der Waals surface area contributed by atoms with Gasteiger partial charge in [-0.05, 0) is 37.6 Å². The third kappa shape index (κ3) is 2.15. The lowest BCUT2D eigenvalue weighted by atomic mass is 9.86. The lowest BCUT2D eigenvalue weighted by Gasteiger charge is -2.33. The first kappa shape index (κ1) is 9.71. The number of hydrogen-bond acceptors (Lipinski definition) is 2. The molecule has 0 aromatic carbocycles. The summed E-state index contributed by atoms with van der Waals surface area (Å²) in [6.45, 7) is 0.692. The fourth-order valence-electron chi connectivity index (χ4n) is 2.24. The van der Waals surface area contributed by atoms with E-state index in [0.717, 1.165) is 19.4 Å². The molecule has 0 aromatic heterocycles. The summed E-state index contributed by atoms with van der Waals surface area (Å²) in [7, 11) is 0. The predicted molar refractivity (Wildman–Crippen MR) is 55.7 cm³/mol. The highest BCUT2D eigenvalue weighted by Gasteiger charge is 2.26. The van der Waals surface area contributed by atoms with Gasteiger partial charge in [0.25, 0.3) is 0 Å². The van der Waals surface area contributed by atoms with Gasteiger partial charge in [-0.1, -0.05) is 12.2 Å². The van der Waals surface area contributed by atoms with Gasteiger partial charge >= 0.3 is 0 Å². The second kappa shape index (κ2) is 4.60. The number of dihydropyridines is 1. The highest BCUT2D eigenvalue weighted by Crippen LogP contribution is 2.22. The van der Waals surface area contributed by atoms with Gasteiger partial charge in [0.2, 0.25) is 0 Å². The molecule has 78 valence electrons. The second-order valence-corrected chi connectivity index (χ2v) is 4.03. The van der Waals surface area contributed by atoms with Gasteiger partial charge in [-0.15, -0.1) is 0 Å². The molecule has 2 nitrogen and oxygen atoms in total. The maximum atomic E-state index is 12.5. The maximum Gasteiger partial charge on any atom is 0.105 e. The van der Waals surface area contributed by atoms with Crippen molar-refractivity contribution in [2.45, 2.75) is 24.9 Å². The molecule has 2 heterocycles. The molecule has 3 unspecified atom stereocenters. The van der Waals surface area contributed by atoms with Crippen molar-refractivity contribution >= 4 is 0 Å². The van der Waals surface area contributed by atoms with E-state index in [1.807, 2.05) is 12.3 Å². The van der Waals surface area contributed by atoms with Gasteiger partial charge in [-0.2, -0.15) is 0 Å². The van der Waals surface area contributed by atoms with Crippen molar-refractivity contribution in [1.82, 2.24) is 10.6 Å². The molecule has 2 aliphatic heterocycles. The van der Waals surface area contributed by atoms with Crippen LogP contribution in [0.15, 0.2) is 24.4 Å². The predicted octanol–water partition coefficient (Wildman–Crippen LogP) is 1.37. The topological polar surface area (TPSA) is 24.1 Å². The minimum absolute atomic E-state index is 0.0647. The van der Waals surface area contributed by atoms with E-state index in [1.54, 1.807) is 0 Å². The molecular formula is C11H17FN2. The Hall–Kier alpha value is -0.830. The third-order valence-electron chi connectivity index (χ3n) is 3.04. The average Bonchev–Trinajstić information content (AvgIpc) is 2.30. The summed E-state index contributed by atoms with van der Waals surface area (Å²) in [5.41, 5.74) is 0. The van der Waals surface area contributed by atoms with Crippen LogP contribution in [0.4, 0.5) is 4.39 Å². The summed E-state index contributed by atoms with van der Waals surface area (Å²) in [6.07, 6.45) is 10.3. The zero-order chi connectivity index (χ0) is 9.80. The number of hydrogen-bond donors (Lipinski definition) is 2. The molecule has 0 amide bonds. The molecule has 3 heteroatoms. The Morgan fingerprint density at radius 2 is 2.29 bits per heavy atom. The van der Waals surface area contributed by atoms with Crippen molar-refractivity contribution in [3.8, 4) is 0 Å². The van der Waals surface area contributed by atoms with Crippen LogP contribution >= 0.6 is 0 Å². The van der Waals surface area contributed by atoms with Crippen molar-refractivity contribution in [3.63, 3.8) is 0 Å². The van der Waals surface area contributed by atoms with E-state index in [9.17, 15) is 4.39 Å².